The molecule has 1 fully saturated rings. The summed E-state index contributed by atoms with van der Waals surface area (Å²) in [5, 5.41) is 13.1. The van der Waals surface area contributed by atoms with E-state index in [0.717, 1.165) is 31.5 Å². The molecule has 1 amide bonds. The Hall–Kier alpha value is -3.14. The number of carbonyl (C=O) groups excluding carboxylic acids is 1. The molecule has 0 unspecified atom stereocenters. The third-order valence-corrected chi connectivity index (χ3v) is 4.46. The molecule has 168 valence electrons. The number of ether oxygens (including phenoxy) is 1. The number of aromatic nitrogens is 2. The molecule has 1 aliphatic rings. The van der Waals surface area contributed by atoms with Gasteiger partial charge in [0.15, 0.2) is 0 Å². The van der Waals surface area contributed by atoms with Gasteiger partial charge in [-0.15, -0.1) is 0 Å². The van der Waals surface area contributed by atoms with E-state index in [2.05, 4.69) is 20.2 Å². The number of alkyl carbamates (subject to hydrolysis) is 1. The Kier molecular flexibility index (Phi) is 8.38. The van der Waals surface area contributed by atoms with Gasteiger partial charge in [-0.05, 0) is 51.3 Å². The van der Waals surface area contributed by atoms with Crippen LogP contribution in [-0.2, 0) is 4.74 Å². The highest BCUT2D eigenvalue weighted by molar-refractivity contribution is 6.29. The minimum Gasteiger partial charge on any atom is -0.444 e. The monoisotopic (exact) mass is 450 g/mol. The minimum atomic E-state index is -0.524. The lowest BCUT2D eigenvalue weighted by molar-refractivity contribution is -0.385. The number of hydrogen-bond acceptors (Lipinski definition) is 8. The topological polar surface area (TPSA) is 137 Å². The van der Waals surface area contributed by atoms with Gasteiger partial charge in [-0.3, -0.25) is 10.1 Å². The van der Waals surface area contributed by atoms with Crippen molar-refractivity contribution < 1.29 is 14.5 Å². The fourth-order valence-electron chi connectivity index (χ4n) is 2.81. The maximum Gasteiger partial charge on any atom is 0.407 e. The van der Waals surface area contributed by atoms with E-state index >= 15 is 0 Å². The van der Waals surface area contributed by atoms with Crippen LogP contribution in [0.5, 0.6) is 0 Å². The highest BCUT2D eigenvalue weighted by Crippen LogP contribution is 2.22. The SMILES string of the molecule is CC(C)(C)OC(=O)NC[C@H]1CCN(c2ccc(N)cn2)C1.O=[N+]([O-])c1ccc(Cl)nc1. The van der Waals surface area contributed by atoms with Crippen LogP contribution in [0.2, 0.25) is 5.15 Å². The predicted octanol–water partition coefficient (Wildman–Crippen LogP) is 3.66. The maximum absolute atomic E-state index is 11.6. The van der Waals surface area contributed by atoms with Crippen LogP contribution in [0, 0.1) is 16.0 Å². The zero-order valence-corrected chi connectivity index (χ0v) is 18.5. The molecule has 2 aromatic rings. The van der Waals surface area contributed by atoms with Crippen LogP contribution in [0.4, 0.5) is 22.0 Å². The van der Waals surface area contributed by atoms with Gasteiger partial charge in [-0.2, -0.15) is 0 Å². The lowest BCUT2D eigenvalue weighted by Gasteiger charge is -2.21. The quantitative estimate of drug-likeness (QED) is 0.409. The van der Waals surface area contributed by atoms with Crippen molar-refractivity contribution in [2.75, 3.05) is 30.3 Å². The predicted molar refractivity (Wildman–Crippen MR) is 119 cm³/mol. The van der Waals surface area contributed by atoms with Crippen molar-refractivity contribution in [3.8, 4) is 0 Å². The largest absolute Gasteiger partial charge is 0.444 e. The van der Waals surface area contributed by atoms with Crippen LogP contribution >= 0.6 is 11.6 Å². The van der Waals surface area contributed by atoms with E-state index in [1.54, 1.807) is 6.20 Å². The number of amides is 1. The highest BCUT2D eigenvalue weighted by Gasteiger charge is 2.24. The van der Waals surface area contributed by atoms with Gasteiger partial charge < -0.3 is 20.7 Å². The second-order valence-electron chi connectivity index (χ2n) is 8.03. The Morgan fingerprint density at radius 2 is 2.06 bits per heavy atom. The van der Waals surface area contributed by atoms with E-state index in [1.165, 1.54) is 12.1 Å². The van der Waals surface area contributed by atoms with Crippen LogP contribution in [0.3, 0.4) is 0 Å². The summed E-state index contributed by atoms with van der Waals surface area (Å²) in [4.78, 5) is 31.2. The van der Waals surface area contributed by atoms with E-state index in [9.17, 15) is 14.9 Å². The van der Waals surface area contributed by atoms with Crippen molar-refractivity contribution in [3.63, 3.8) is 0 Å². The number of nitro groups is 1. The Bertz CT molecular complexity index is 871. The average Bonchev–Trinajstić information content (AvgIpc) is 3.15. The molecule has 2 aromatic heterocycles. The van der Waals surface area contributed by atoms with Crippen molar-refractivity contribution in [1.82, 2.24) is 15.3 Å². The molecule has 3 rings (SSSR count). The number of carbonyl (C=O) groups is 1. The fraction of sp³-hybridized carbons (Fsp3) is 0.450. The fourth-order valence-corrected chi connectivity index (χ4v) is 2.92. The number of nitrogens with one attached hydrogen (secondary N) is 1. The summed E-state index contributed by atoms with van der Waals surface area (Å²) in [5.74, 6) is 1.35. The molecule has 1 aliphatic heterocycles. The summed E-state index contributed by atoms with van der Waals surface area (Å²) in [6.07, 6.45) is 3.46. The molecule has 0 aromatic carbocycles. The number of nitrogens with two attached hydrogens (primary N) is 1. The molecule has 10 nitrogen and oxygen atoms in total. The Balaban J connectivity index is 0.000000285. The smallest absolute Gasteiger partial charge is 0.407 e. The van der Waals surface area contributed by atoms with Gasteiger partial charge in [0.1, 0.15) is 22.8 Å². The van der Waals surface area contributed by atoms with E-state index in [-0.39, 0.29) is 16.9 Å². The molecule has 1 saturated heterocycles. The lowest BCUT2D eigenvalue weighted by Crippen LogP contribution is -2.36. The highest BCUT2D eigenvalue weighted by atomic mass is 35.5. The van der Waals surface area contributed by atoms with Crippen molar-refractivity contribution in [1.29, 1.82) is 0 Å². The van der Waals surface area contributed by atoms with Gasteiger partial charge in [-0.1, -0.05) is 11.6 Å². The summed E-state index contributed by atoms with van der Waals surface area (Å²) >= 11 is 5.38. The average molecular weight is 451 g/mol. The van der Waals surface area contributed by atoms with Crippen LogP contribution in [0.15, 0.2) is 36.7 Å². The van der Waals surface area contributed by atoms with Gasteiger partial charge >= 0.3 is 6.09 Å². The number of halogens is 1. The van der Waals surface area contributed by atoms with E-state index < -0.39 is 10.5 Å². The van der Waals surface area contributed by atoms with Crippen molar-refractivity contribution in [3.05, 3.63) is 51.9 Å². The Labute approximate surface area is 185 Å². The lowest BCUT2D eigenvalue weighted by atomic mass is 10.1. The summed E-state index contributed by atoms with van der Waals surface area (Å²) in [5.41, 5.74) is 5.80. The maximum atomic E-state index is 11.6. The zero-order chi connectivity index (χ0) is 23.0. The first-order chi connectivity index (χ1) is 14.5. The second-order valence-corrected chi connectivity index (χ2v) is 8.42. The summed E-state index contributed by atoms with van der Waals surface area (Å²) in [6, 6.07) is 6.46. The van der Waals surface area contributed by atoms with Gasteiger partial charge in [0.05, 0.1) is 16.8 Å². The van der Waals surface area contributed by atoms with Gasteiger partial charge in [0, 0.05) is 25.7 Å². The van der Waals surface area contributed by atoms with Crippen LogP contribution in [0.1, 0.15) is 27.2 Å². The molecule has 3 heterocycles. The third kappa shape index (κ3) is 8.63. The number of nitrogen functional groups attached to an aromatic ring is 1. The van der Waals surface area contributed by atoms with Crippen molar-refractivity contribution in [2.45, 2.75) is 32.8 Å². The zero-order valence-electron chi connectivity index (χ0n) is 17.7. The van der Waals surface area contributed by atoms with Crippen molar-refractivity contribution in [2.24, 2.45) is 5.92 Å². The normalized spacial score (nSPS) is 15.6. The van der Waals surface area contributed by atoms with E-state index in [1.807, 2.05) is 32.9 Å². The summed E-state index contributed by atoms with van der Waals surface area (Å²) < 4.78 is 5.23. The van der Waals surface area contributed by atoms with Crippen LogP contribution in [-0.4, -0.2) is 46.2 Å². The molecule has 0 radical (unpaired) electrons. The minimum absolute atomic E-state index is 0.0515. The number of anilines is 2. The summed E-state index contributed by atoms with van der Waals surface area (Å²) in [6.45, 7) is 8.02. The first-order valence-electron chi connectivity index (χ1n) is 9.73. The molecule has 0 bridgehead atoms. The first-order valence-corrected chi connectivity index (χ1v) is 10.1. The number of nitrogens with zero attached hydrogens (tertiary/aromatic N) is 4. The van der Waals surface area contributed by atoms with Gasteiger partial charge in [0.25, 0.3) is 5.69 Å². The van der Waals surface area contributed by atoms with Crippen LogP contribution < -0.4 is 16.0 Å². The van der Waals surface area contributed by atoms with Gasteiger partial charge in [0.2, 0.25) is 0 Å². The van der Waals surface area contributed by atoms with E-state index in [0.29, 0.717) is 18.2 Å². The van der Waals surface area contributed by atoms with Crippen LogP contribution in [0.25, 0.3) is 0 Å². The first kappa shape index (κ1) is 24.1. The molecule has 1 atom stereocenters. The molecular weight excluding hydrogens is 424 g/mol. The Morgan fingerprint density at radius 3 is 2.61 bits per heavy atom. The Morgan fingerprint density at radius 1 is 1.32 bits per heavy atom. The number of pyridine rings is 2. The molecule has 3 N–H and O–H groups in total. The molecule has 31 heavy (non-hydrogen) atoms. The second kappa shape index (κ2) is 10.8. The third-order valence-electron chi connectivity index (χ3n) is 4.24. The standard InChI is InChI=1S/C15H24N4O2.C5H3ClN2O2/c1-15(2,3)21-14(20)18-8-11-6-7-19(10-11)13-5-4-12(16)9-17-13;6-5-2-1-4(3-7-5)8(9)10/h4-5,9,11H,6-8,10,16H2,1-3H3,(H,18,20);1-3H/t11-;/m1./s1. The molecular formula is C20H27ClN6O4. The van der Waals surface area contributed by atoms with E-state index in [4.69, 9.17) is 22.1 Å². The number of rotatable bonds is 4. The number of hydrogen-bond donors (Lipinski definition) is 2. The molecule has 0 saturated carbocycles. The molecule has 0 spiro atoms. The van der Waals surface area contributed by atoms with Gasteiger partial charge in [-0.25, -0.2) is 14.8 Å². The molecule has 0 aliphatic carbocycles. The molecule has 11 heteroatoms. The van der Waals surface area contributed by atoms with Crippen molar-refractivity contribution >= 4 is 34.9 Å². The summed E-state index contributed by atoms with van der Waals surface area (Å²) in [7, 11) is 0.